The lowest BCUT2D eigenvalue weighted by Crippen LogP contribution is -2.44. The zero-order chi connectivity index (χ0) is 28.6. The van der Waals surface area contributed by atoms with Crippen molar-refractivity contribution in [1.82, 2.24) is 19.4 Å². The van der Waals surface area contributed by atoms with E-state index < -0.39 is 35.4 Å². The smallest absolute Gasteiger partial charge is 0.410 e. The summed E-state index contributed by atoms with van der Waals surface area (Å²) in [7, 11) is 0. The van der Waals surface area contributed by atoms with Crippen molar-refractivity contribution >= 4 is 22.7 Å². The van der Waals surface area contributed by atoms with Crippen molar-refractivity contribution in [2.75, 3.05) is 6.54 Å². The fourth-order valence-electron chi connectivity index (χ4n) is 6.37. The number of benzene rings is 1. The molecule has 1 amide bonds. The highest BCUT2D eigenvalue weighted by atomic mass is 16.8. The second kappa shape index (κ2) is 9.12. The lowest BCUT2D eigenvalue weighted by atomic mass is 9.83. The summed E-state index contributed by atoms with van der Waals surface area (Å²) in [5, 5.41) is 0.965. The molecule has 3 aromatic rings. The Morgan fingerprint density at radius 1 is 1.18 bits per heavy atom. The Balaban J connectivity index is 1.36. The summed E-state index contributed by atoms with van der Waals surface area (Å²) >= 11 is 0. The van der Waals surface area contributed by atoms with E-state index in [9.17, 15) is 4.79 Å². The second-order valence-corrected chi connectivity index (χ2v) is 12.7. The lowest BCUT2D eigenvalue weighted by molar-refractivity contribution is -0.202. The van der Waals surface area contributed by atoms with Gasteiger partial charge in [0, 0.05) is 24.7 Å². The van der Waals surface area contributed by atoms with Crippen molar-refractivity contribution in [1.29, 1.82) is 0 Å². The van der Waals surface area contributed by atoms with Crippen LogP contribution in [0.1, 0.15) is 70.2 Å². The summed E-state index contributed by atoms with van der Waals surface area (Å²) in [6, 6.07) is 8.22. The second-order valence-electron chi connectivity index (χ2n) is 12.7. The van der Waals surface area contributed by atoms with Gasteiger partial charge in [-0.2, -0.15) is 0 Å². The molecule has 2 saturated heterocycles. The number of nitrogens with zero attached hydrogens (tertiary/aromatic N) is 4. The summed E-state index contributed by atoms with van der Waals surface area (Å²) < 4.78 is 27.6. The number of amides is 1. The third-order valence-electron chi connectivity index (χ3n) is 8.07. The SMILES string of the molecule is C=C(c1cccc2c1CN(C(=O)OC(C)(C)C)CC2)[C@H]1O[C@@H](n2ccc3c(C)ncnc32)[C@@H]2OC(C)(C)O[C@]12C. The summed E-state index contributed by atoms with van der Waals surface area (Å²) in [6.07, 6.45) is 2.57. The van der Waals surface area contributed by atoms with Crippen LogP contribution in [0.25, 0.3) is 16.6 Å². The van der Waals surface area contributed by atoms with Gasteiger partial charge in [-0.25, -0.2) is 14.8 Å². The van der Waals surface area contributed by atoms with Crippen molar-refractivity contribution in [3.8, 4) is 0 Å². The van der Waals surface area contributed by atoms with Crippen LogP contribution in [0.5, 0.6) is 0 Å². The van der Waals surface area contributed by atoms with E-state index in [4.69, 9.17) is 18.9 Å². The minimum absolute atomic E-state index is 0.311. The van der Waals surface area contributed by atoms with Gasteiger partial charge in [-0.1, -0.05) is 24.8 Å². The van der Waals surface area contributed by atoms with Crippen LogP contribution in [0.4, 0.5) is 4.79 Å². The monoisotopic (exact) mass is 546 g/mol. The largest absolute Gasteiger partial charge is 0.444 e. The quantitative estimate of drug-likeness (QED) is 0.425. The Kier molecular flexibility index (Phi) is 6.14. The van der Waals surface area contributed by atoms with Crippen molar-refractivity contribution in [2.24, 2.45) is 0 Å². The molecule has 9 nitrogen and oxygen atoms in total. The number of hydrogen-bond acceptors (Lipinski definition) is 7. The molecule has 0 N–H and O–H groups in total. The third-order valence-corrected chi connectivity index (χ3v) is 8.07. The molecule has 3 aliphatic heterocycles. The number of fused-ring (bicyclic) bond motifs is 3. The van der Waals surface area contributed by atoms with Crippen LogP contribution in [-0.2, 0) is 31.9 Å². The van der Waals surface area contributed by atoms with E-state index in [1.54, 1.807) is 11.2 Å². The standard InChI is InChI=1S/C31H38N4O5/c1-18(21-11-9-10-20-12-14-34(16-23(20)21)28(36)39-29(3,4)5)24-31(8)25(38-30(6,7)40-31)27(37-24)35-15-13-22-19(2)32-17-33-26(22)35/h9-11,13,15,17,24-25,27H,1,12,14,16H2,2-8H3/t24-,25+,27-,31-/m1/s1. The van der Waals surface area contributed by atoms with Crippen LogP contribution >= 0.6 is 0 Å². The molecule has 0 unspecified atom stereocenters. The number of hydrogen-bond donors (Lipinski definition) is 0. The number of carbonyl (C=O) groups is 1. The van der Waals surface area contributed by atoms with Crippen molar-refractivity contribution in [3.05, 3.63) is 65.8 Å². The Labute approximate surface area is 235 Å². The van der Waals surface area contributed by atoms with Gasteiger partial charge >= 0.3 is 6.09 Å². The molecule has 3 aliphatic rings. The van der Waals surface area contributed by atoms with Crippen LogP contribution in [0, 0.1) is 6.92 Å². The first-order chi connectivity index (χ1) is 18.8. The molecular formula is C31H38N4O5. The van der Waals surface area contributed by atoms with Gasteiger partial charge < -0.3 is 28.4 Å². The molecule has 2 fully saturated rings. The van der Waals surface area contributed by atoms with Gasteiger partial charge in [0.15, 0.2) is 12.0 Å². The molecule has 0 saturated carbocycles. The summed E-state index contributed by atoms with van der Waals surface area (Å²) in [4.78, 5) is 23.6. The van der Waals surface area contributed by atoms with E-state index in [0.29, 0.717) is 13.1 Å². The highest BCUT2D eigenvalue weighted by Gasteiger charge is 2.64. The maximum Gasteiger partial charge on any atom is 0.410 e. The predicted octanol–water partition coefficient (Wildman–Crippen LogP) is 5.55. The predicted molar refractivity (Wildman–Crippen MR) is 150 cm³/mol. The van der Waals surface area contributed by atoms with Crippen LogP contribution in [-0.4, -0.2) is 61.3 Å². The fraction of sp³-hybridized carbons (Fsp3) is 0.516. The van der Waals surface area contributed by atoms with Gasteiger partial charge in [-0.3, -0.25) is 0 Å². The van der Waals surface area contributed by atoms with Crippen molar-refractivity contribution in [2.45, 2.75) is 96.9 Å². The Morgan fingerprint density at radius 2 is 1.95 bits per heavy atom. The molecule has 0 spiro atoms. The summed E-state index contributed by atoms with van der Waals surface area (Å²) in [5.74, 6) is -0.808. The molecule has 40 heavy (non-hydrogen) atoms. The van der Waals surface area contributed by atoms with Crippen molar-refractivity contribution < 1.29 is 23.7 Å². The van der Waals surface area contributed by atoms with Crippen LogP contribution in [0.2, 0.25) is 0 Å². The Bertz CT molecular complexity index is 1510. The number of aromatic nitrogens is 3. The molecule has 9 heteroatoms. The van der Waals surface area contributed by atoms with E-state index in [0.717, 1.165) is 39.8 Å². The van der Waals surface area contributed by atoms with E-state index >= 15 is 0 Å². The highest BCUT2D eigenvalue weighted by molar-refractivity contribution is 5.78. The molecule has 5 heterocycles. The zero-order valence-corrected chi connectivity index (χ0v) is 24.4. The van der Waals surface area contributed by atoms with Gasteiger partial charge in [0.2, 0.25) is 0 Å². The van der Waals surface area contributed by atoms with Gasteiger partial charge in [-0.05, 0) is 83.2 Å². The van der Waals surface area contributed by atoms with Gasteiger partial charge in [0.05, 0.1) is 5.69 Å². The summed E-state index contributed by atoms with van der Waals surface area (Å²) in [5.41, 5.74) is 4.32. The average molecular weight is 547 g/mol. The van der Waals surface area contributed by atoms with Crippen molar-refractivity contribution in [3.63, 3.8) is 0 Å². The average Bonchev–Trinajstić information content (AvgIpc) is 3.49. The molecule has 0 aliphatic carbocycles. The fourth-order valence-corrected chi connectivity index (χ4v) is 6.37. The van der Waals surface area contributed by atoms with E-state index in [2.05, 4.69) is 28.7 Å². The molecule has 4 atom stereocenters. The van der Waals surface area contributed by atoms with Crippen LogP contribution in [0.3, 0.4) is 0 Å². The molecule has 2 aromatic heterocycles. The number of aryl methyl sites for hydroxylation is 1. The Morgan fingerprint density at radius 3 is 2.70 bits per heavy atom. The lowest BCUT2D eigenvalue weighted by Gasteiger charge is -2.34. The molecular weight excluding hydrogens is 508 g/mol. The zero-order valence-electron chi connectivity index (χ0n) is 24.4. The molecule has 0 bridgehead atoms. The number of ether oxygens (including phenoxy) is 4. The molecule has 1 aromatic carbocycles. The minimum Gasteiger partial charge on any atom is -0.444 e. The molecule has 0 radical (unpaired) electrons. The van der Waals surface area contributed by atoms with Crippen LogP contribution in [0.15, 0.2) is 43.4 Å². The first-order valence-corrected chi connectivity index (χ1v) is 13.9. The van der Waals surface area contributed by atoms with Gasteiger partial charge in [-0.15, -0.1) is 0 Å². The minimum atomic E-state index is -0.813. The topological polar surface area (TPSA) is 87.9 Å². The number of carbonyl (C=O) groups excluding carboxylic acids is 1. The number of rotatable bonds is 3. The Hall–Kier alpha value is -3.27. The van der Waals surface area contributed by atoms with E-state index in [1.165, 1.54) is 5.56 Å². The summed E-state index contributed by atoms with van der Waals surface area (Å²) in [6.45, 7) is 19.1. The van der Waals surface area contributed by atoms with E-state index in [-0.39, 0.29) is 6.09 Å². The molecule has 6 rings (SSSR count). The molecule has 212 valence electrons. The maximum atomic E-state index is 12.9. The highest BCUT2D eigenvalue weighted by Crippen LogP contribution is 2.54. The van der Waals surface area contributed by atoms with Crippen LogP contribution < -0.4 is 0 Å². The van der Waals surface area contributed by atoms with Gasteiger partial charge in [0.1, 0.15) is 35.4 Å². The third kappa shape index (κ3) is 4.40. The first-order valence-electron chi connectivity index (χ1n) is 13.9. The van der Waals surface area contributed by atoms with Gasteiger partial charge in [0.25, 0.3) is 0 Å². The van der Waals surface area contributed by atoms with E-state index in [1.807, 2.05) is 71.4 Å². The maximum absolute atomic E-state index is 12.9. The normalized spacial score (nSPS) is 27.5. The first kappa shape index (κ1) is 26.9.